The van der Waals surface area contributed by atoms with Crippen LogP contribution in [-0.4, -0.2) is 22.2 Å². The number of carbonyl (C=O) groups is 1. The van der Waals surface area contributed by atoms with Crippen molar-refractivity contribution in [3.8, 4) is 5.75 Å². The fraction of sp³-hybridized carbons (Fsp3) is 0.385. The molecule has 4 rings (SSSR count). The first-order chi connectivity index (χ1) is 16.6. The number of nitrogens with zero attached hydrogens (tertiary/aromatic N) is 2. The van der Waals surface area contributed by atoms with Gasteiger partial charge in [-0.05, 0) is 61.9 Å². The first-order valence-corrected chi connectivity index (χ1v) is 11.9. The summed E-state index contributed by atoms with van der Waals surface area (Å²) in [6.07, 6.45) is -2.53. The highest BCUT2D eigenvalue weighted by atomic mass is 35.5. The number of aryl methyl sites for hydroxylation is 3. The number of hydrogen-bond acceptors (Lipinski definition) is 3. The molecule has 0 unspecified atom stereocenters. The molecule has 0 bridgehead atoms. The minimum atomic E-state index is -4.59. The fourth-order valence-electron chi connectivity index (χ4n) is 4.02. The lowest BCUT2D eigenvalue weighted by Gasteiger charge is -2.12. The van der Waals surface area contributed by atoms with Crippen molar-refractivity contribution in [1.29, 1.82) is 0 Å². The molecule has 1 amide bonds. The Morgan fingerprint density at radius 1 is 1.14 bits per heavy atom. The molecule has 1 N–H and O–H groups in total. The Kier molecular flexibility index (Phi) is 7.40. The predicted octanol–water partition coefficient (Wildman–Crippen LogP) is 6.45. The van der Waals surface area contributed by atoms with E-state index in [1.54, 1.807) is 12.1 Å². The second-order valence-corrected chi connectivity index (χ2v) is 9.24. The molecule has 1 fully saturated rings. The third-order valence-electron chi connectivity index (χ3n) is 6.00. The molecule has 0 spiro atoms. The van der Waals surface area contributed by atoms with E-state index in [0.717, 1.165) is 35.3 Å². The molecule has 2 aromatic carbocycles. The van der Waals surface area contributed by atoms with Crippen LogP contribution in [0, 0.1) is 13.8 Å². The van der Waals surface area contributed by atoms with Crippen LogP contribution in [0.5, 0.6) is 5.75 Å². The number of para-hydroxylation sites is 1. The number of alkyl halides is 3. The summed E-state index contributed by atoms with van der Waals surface area (Å²) in [5, 5.41) is 6.22. The van der Waals surface area contributed by atoms with Crippen molar-refractivity contribution in [3.63, 3.8) is 0 Å². The van der Waals surface area contributed by atoms with Crippen LogP contribution >= 0.6 is 11.6 Å². The topological polar surface area (TPSA) is 56.1 Å². The second kappa shape index (κ2) is 10.3. The molecule has 1 aliphatic carbocycles. The molecule has 0 aliphatic heterocycles. The van der Waals surface area contributed by atoms with Crippen LogP contribution in [0.1, 0.15) is 63.6 Å². The lowest BCUT2D eigenvalue weighted by molar-refractivity contribution is -0.141. The zero-order valence-corrected chi connectivity index (χ0v) is 20.3. The van der Waals surface area contributed by atoms with Crippen molar-refractivity contribution < 1.29 is 22.7 Å². The van der Waals surface area contributed by atoms with Crippen LogP contribution in [0.15, 0.2) is 42.5 Å². The van der Waals surface area contributed by atoms with Crippen molar-refractivity contribution in [2.24, 2.45) is 0 Å². The highest BCUT2D eigenvalue weighted by Crippen LogP contribution is 2.46. The van der Waals surface area contributed by atoms with Gasteiger partial charge in [0.1, 0.15) is 12.4 Å². The van der Waals surface area contributed by atoms with Crippen molar-refractivity contribution in [3.05, 3.63) is 81.1 Å². The number of carbonyl (C=O) groups excluding carboxylic acids is 1. The number of aromatic nitrogens is 2. The summed E-state index contributed by atoms with van der Waals surface area (Å²) in [6, 6.07) is 13.1. The molecule has 0 radical (unpaired) electrons. The maximum absolute atomic E-state index is 13.2. The molecule has 1 heterocycles. The molecule has 1 aliphatic rings. The van der Waals surface area contributed by atoms with Crippen LogP contribution in [0.4, 0.5) is 13.2 Å². The standard InChI is InChI=1S/C26H27ClF3N3O2/c1-16-5-3-6-17(2)23(16)35-15-18-7-9-20(10-8-18)25(34)31-13-4-14-33-22(19-11-12-19)21(27)24(32-33)26(28,29)30/h3,5-10,19H,4,11-15H2,1-2H3,(H,31,34). The summed E-state index contributed by atoms with van der Waals surface area (Å²) in [6.45, 7) is 4.94. The Hall–Kier alpha value is -3.00. The zero-order chi connectivity index (χ0) is 25.2. The Bertz CT molecular complexity index is 1180. The minimum Gasteiger partial charge on any atom is -0.488 e. The Morgan fingerprint density at radius 2 is 1.80 bits per heavy atom. The minimum absolute atomic E-state index is 0.0258. The largest absolute Gasteiger partial charge is 0.488 e. The summed E-state index contributed by atoms with van der Waals surface area (Å²) in [7, 11) is 0. The maximum Gasteiger partial charge on any atom is 0.436 e. The third-order valence-corrected chi connectivity index (χ3v) is 6.38. The molecule has 1 aromatic heterocycles. The van der Waals surface area contributed by atoms with Crippen LogP contribution in [-0.2, 0) is 19.3 Å². The number of ether oxygens (including phenoxy) is 1. The predicted molar refractivity (Wildman–Crippen MR) is 128 cm³/mol. The van der Waals surface area contributed by atoms with Crippen molar-refractivity contribution in [2.75, 3.05) is 6.54 Å². The summed E-state index contributed by atoms with van der Waals surface area (Å²) in [4.78, 5) is 12.5. The van der Waals surface area contributed by atoms with Crippen LogP contribution in [0.3, 0.4) is 0 Å². The molecule has 35 heavy (non-hydrogen) atoms. The van der Waals surface area contributed by atoms with Gasteiger partial charge in [0.05, 0.1) is 10.7 Å². The highest BCUT2D eigenvalue weighted by Gasteiger charge is 2.41. The third kappa shape index (κ3) is 5.99. The van der Waals surface area contributed by atoms with Gasteiger partial charge in [0.15, 0.2) is 5.69 Å². The van der Waals surface area contributed by atoms with Gasteiger partial charge >= 0.3 is 6.18 Å². The van der Waals surface area contributed by atoms with Gasteiger partial charge in [-0.15, -0.1) is 0 Å². The normalized spacial score (nSPS) is 13.7. The second-order valence-electron chi connectivity index (χ2n) is 8.86. The first kappa shape index (κ1) is 25.1. The van der Waals surface area contributed by atoms with E-state index in [2.05, 4.69) is 10.4 Å². The van der Waals surface area contributed by atoms with Crippen molar-refractivity contribution in [1.82, 2.24) is 15.1 Å². The number of hydrogen-bond donors (Lipinski definition) is 1. The smallest absolute Gasteiger partial charge is 0.436 e. The molecule has 0 saturated heterocycles. The molecule has 186 valence electrons. The number of benzene rings is 2. The van der Waals surface area contributed by atoms with E-state index >= 15 is 0 Å². The average molecular weight is 506 g/mol. The monoisotopic (exact) mass is 505 g/mol. The molecule has 0 atom stereocenters. The van der Waals surface area contributed by atoms with E-state index in [-0.39, 0.29) is 23.4 Å². The maximum atomic E-state index is 13.2. The van der Waals surface area contributed by atoms with E-state index in [1.807, 2.05) is 44.2 Å². The lowest BCUT2D eigenvalue weighted by Crippen LogP contribution is -2.25. The molecule has 5 nitrogen and oxygen atoms in total. The van der Waals surface area contributed by atoms with E-state index in [0.29, 0.717) is 30.8 Å². The summed E-state index contributed by atoms with van der Waals surface area (Å²) < 4.78 is 46.8. The van der Waals surface area contributed by atoms with Gasteiger partial charge in [-0.1, -0.05) is 41.9 Å². The molecular weight excluding hydrogens is 479 g/mol. The van der Waals surface area contributed by atoms with E-state index in [9.17, 15) is 18.0 Å². The van der Waals surface area contributed by atoms with Crippen molar-refractivity contribution in [2.45, 2.75) is 58.4 Å². The van der Waals surface area contributed by atoms with Gasteiger partial charge in [0.25, 0.3) is 5.91 Å². The Labute approximate surface area is 207 Å². The van der Waals surface area contributed by atoms with Crippen molar-refractivity contribution >= 4 is 17.5 Å². The average Bonchev–Trinajstić information content (AvgIpc) is 3.58. The summed E-state index contributed by atoms with van der Waals surface area (Å²) in [5.41, 5.74) is 2.99. The number of amides is 1. The van der Waals surface area contributed by atoms with Crippen LogP contribution < -0.4 is 10.1 Å². The Balaban J connectivity index is 1.28. The van der Waals surface area contributed by atoms with Crippen LogP contribution in [0.2, 0.25) is 5.02 Å². The molecule has 3 aromatic rings. The van der Waals surface area contributed by atoms with E-state index in [1.165, 1.54) is 4.68 Å². The fourth-order valence-corrected chi connectivity index (χ4v) is 4.42. The summed E-state index contributed by atoms with van der Waals surface area (Å²) >= 11 is 6.00. The number of halogens is 4. The lowest BCUT2D eigenvalue weighted by atomic mass is 10.1. The van der Waals surface area contributed by atoms with Gasteiger partial charge in [0, 0.05) is 24.6 Å². The number of rotatable bonds is 9. The van der Waals surface area contributed by atoms with Gasteiger partial charge in [-0.25, -0.2) is 0 Å². The molecular formula is C26H27ClF3N3O2. The van der Waals surface area contributed by atoms with Gasteiger partial charge < -0.3 is 10.1 Å². The van der Waals surface area contributed by atoms with E-state index < -0.39 is 11.9 Å². The SMILES string of the molecule is Cc1cccc(C)c1OCc1ccc(C(=O)NCCCn2nc(C(F)(F)F)c(Cl)c2C2CC2)cc1. The zero-order valence-electron chi connectivity index (χ0n) is 19.6. The van der Waals surface area contributed by atoms with Gasteiger partial charge in [0.2, 0.25) is 0 Å². The molecule has 1 saturated carbocycles. The quantitative estimate of drug-likeness (QED) is 0.340. The van der Waals surface area contributed by atoms with Gasteiger partial charge in [-0.2, -0.15) is 18.3 Å². The Morgan fingerprint density at radius 3 is 2.40 bits per heavy atom. The van der Waals surface area contributed by atoms with E-state index in [4.69, 9.17) is 16.3 Å². The number of nitrogens with one attached hydrogen (secondary N) is 1. The van der Waals surface area contributed by atoms with Crippen LogP contribution in [0.25, 0.3) is 0 Å². The first-order valence-electron chi connectivity index (χ1n) is 11.5. The highest BCUT2D eigenvalue weighted by molar-refractivity contribution is 6.32. The summed E-state index contributed by atoms with van der Waals surface area (Å²) in [5.74, 6) is 0.641. The molecule has 9 heteroatoms. The van der Waals surface area contributed by atoms with Gasteiger partial charge in [-0.3, -0.25) is 9.48 Å².